The summed E-state index contributed by atoms with van der Waals surface area (Å²) in [6, 6.07) is 6.96. The highest BCUT2D eigenvalue weighted by atomic mass is 35.5. The summed E-state index contributed by atoms with van der Waals surface area (Å²) in [4.78, 5) is 12.2. The minimum atomic E-state index is -0.374. The number of nitrogens with one attached hydrogen (secondary N) is 2. The van der Waals surface area contributed by atoms with Crippen molar-refractivity contribution < 1.29 is 9.53 Å². The molecule has 2 N–H and O–H groups in total. The second-order valence-electron chi connectivity index (χ2n) is 5.06. The Morgan fingerprint density at radius 1 is 1.33 bits per heavy atom. The third kappa shape index (κ3) is 3.36. The van der Waals surface area contributed by atoms with Crippen molar-refractivity contribution in [3.05, 3.63) is 46.1 Å². The molecule has 2 rings (SSSR count). The Morgan fingerprint density at radius 3 is 2.48 bits per heavy atom. The molecule has 1 aromatic rings. The van der Waals surface area contributed by atoms with E-state index < -0.39 is 0 Å². The maximum absolute atomic E-state index is 12.2. The first kappa shape index (κ1) is 15.8. The van der Waals surface area contributed by atoms with Gasteiger partial charge < -0.3 is 15.4 Å². The fourth-order valence-corrected chi connectivity index (χ4v) is 2.64. The van der Waals surface area contributed by atoms with Gasteiger partial charge in [-0.05, 0) is 35.8 Å². The molecule has 1 aromatic carbocycles. The zero-order chi connectivity index (χ0) is 15.6. The van der Waals surface area contributed by atoms with Crippen molar-refractivity contribution in [3.8, 4) is 0 Å². The highest BCUT2D eigenvalue weighted by molar-refractivity contribution is 7.80. The van der Waals surface area contributed by atoms with Gasteiger partial charge in [-0.3, -0.25) is 0 Å². The van der Waals surface area contributed by atoms with Crippen molar-refractivity contribution in [2.75, 3.05) is 7.11 Å². The number of esters is 1. The average molecular weight is 325 g/mol. The summed E-state index contributed by atoms with van der Waals surface area (Å²) in [5.74, 6) is -0.255. The molecule has 0 amide bonds. The number of hydrogen-bond donors (Lipinski definition) is 2. The third-order valence-electron chi connectivity index (χ3n) is 3.29. The van der Waals surface area contributed by atoms with Gasteiger partial charge >= 0.3 is 5.97 Å². The summed E-state index contributed by atoms with van der Waals surface area (Å²) in [5.41, 5.74) is 2.23. The molecule has 0 fully saturated rings. The summed E-state index contributed by atoms with van der Waals surface area (Å²) < 4.78 is 4.93. The van der Waals surface area contributed by atoms with Gasteiger partial charge in [-0.25, -0.2) is 4.79 Å². The Bertz CT molecular complexity index is 596. The number of rotatable bonds is 3. The SMILES string of the molecule is COC(=O)C1=C(C(C)C)NC(=S)N[C@H]1c1ccc(Cl)cc1. The maximum atomic E-state index is 12.2. The number of hydrogen-bond acceptors (Lipinski definition) is 3. The summed E-state index contributed by atoms with van der Waals surface area (Å²) in [7, 11) is 1.37. The molecule has 0 saturated heterocycles. The molecule has 112 valence electrons. The van der Waals surface area contributed by atoms with Crippen LogP contribution in [-0.4, -0.2) is 18.2 Å². The van der Waals surface area contributed by atoms with E-state index in [-0.39, 0.29) is 17.9 Å². The zero-order valence-electron chi connectivity index (χ0n) is 12.1. The van der Waals surface area contributed by atoms with Crippen molar-refractivity contribution in [2.45, 2.75) is 19.9 Å². The molecule has 0 saturated carbocycles. The van der Waals surface area contributed by atoms with Gasteiger partial charge in [-0.1, -0.05) is 37.6 Å². The van der Waals surface area contributed by atoms with Gasteiger partial charge in [0.25, 0.3) is 0 Å². The highest BCUT2D eigenvalue weighted by Gasteiger charge is 2.32. The Balaban J connectivity index is 2.54. The lowest BCUT2D eigenvalue weighted by atomic mass is 9.91. The van der Waals surface area contributed by atoms with Crippen LogP contribution in [0.25, 0.3) is 0 Å². The van der Waals surface area contributed by atoms with E-state index >= 15 is 0 Å². The van der Waals surface area contributed by atoms with Crippen molar-refractivity contribution >= 4 is 34.9 Å². The molecule has 0 aliphatic carbocycles. The molecule has 1 heterocycles. The van der Waals surface area contributed by atoms with E-state index in [9.17, 15) is 4.79 Å². The largest absolute Gasteiger partial charge is 0.466 e. The molecule has 0 unspecified atom stereocenters. The number of carbonyl (C=O) groups excluding carboxylic acids is 1. The summed E-state index contributed by atoms with van der Waals surface area (Å²) in [6.07, 6.45) is 0. The van der Waals surface area contributed by atoms with Crippen LogP contribution in [0.5, 0.6) is 0 Å². The van der Waals surface area contributed by atoms with Crippen LogP contribution in [0.4, 0.5) is 0 Å². The maximum Gasteiger partial charge on any atom is 0.337 e. The molecule has 1 atom stereocenters. The lowest BCUT2D eigenvalue weighted by molar-refractivity contribution is -0.136. The molecule has 6 heteroatoms. The average Bonchev–Trinajstić information content (AvgIpc) is 2.46. The van der Waals surface area contributed by atoms with Crippen LogP contribution < -0.4 is 10.6 Å². The molecular weight excluding hydrogens is 308 g/mol. The Hall–Kier alpha value is -1.59. The first-order valence-corrected chi connectivity index (χ1v) is 7.38. The molecular formula is C15H17ClN2O2S. The van der Waals surface area contributed by atoms with E-state index in [1.165, 1.54) is 7.11 Å². The number of allylic oxidation sites excluding steroid dienone is 1. The van der Waals surface area contributed by atoms with Gasteiger partial charge in [0.15, 0.2) is 5.11 Å². The number of methoxy groups -OCH3 is 1. The molecule has 1 aliphatic heterocycles. The van der Waals surface area contributed by atoms with E-state index in [0.717, 1.165) is 11.3 Å². The van der Waals surface area contributed by atoms with E-state index in [1.807, 2.05) is 26.0 Å². The second-order valence-corrected chi connectivity index (χ2v) is 5.90. The van der Waals surface area contributed by atoms with Gasteiger partial charge in [0.1, 0.15) is 0 Å². The Kier molecular flexibility index (Phi) is 4.85. The standard InChI is InChI=1S/C15H17ClN2O2S/c1-8(2)12-11(14(19)20-3)13(18-15(21)17-12)9-4-6-10(16)7-5-9/h4-8,13H,1-3H3,(H2,17,18,21)/t13-/m0/s1. The number of halogens is 1. The molecule has 1 aliphatic rings. The number of ether oxygens (including phenoxy) is 1. The van der Waals surface area contributed by atoms with Crippen molar-refractivity contribution in [1.82, 2.24) is 10.6 Å². The van der Waals surface area contributed by atoms with Crippen LogP contribution in [-0.2, 0) is 9.53 Å². The number of benzene rings is 1. The molecule has 0 aromatic heterocycles. The van der Waals surface area contributed by atoms with E-state index in [4.69, 9.17) is 28.6 Å². The van der Waals surface area contributed by atoms with Gasteiger partial charge in [0.2, 0.25) is 0 Å². The monoisotopic (exact) mass is 324 g/mol. The predicted octanol–water partition coefficient (Wildman–Crippen LogP) is 2.94. The van der Waals surface area contributed by atoms with E-state index in [0.29, 0.717) is 15.7 Å². The van der Waals surface area contributed by atoms with Crippen molar-refractivity contribution in [3.63, 3.8) is 0 Å². The zero-order valence-corrected chi connectivity index (χ0v) is 13.6. The van der Waals surface area contributed by atoms with Crippen LogP contribution in [0.1, 0.15) is 25.5 Å². The topological polar surface area (TPSA) is 50.4 Å². The minimum Gasteiger partial charge on any atom is -0.466 e. The molecule has 0 spiro atoms. The molecule has 0 bridgehead atoms. The Morgan fingerprint density at radius 2 is 1.95 bits per heavy atom. The Labute approximate surface area is 134 Å². The molecule has 0 radical (unpaired) electrons. The third-order valence-corrected chi connectivity index (χ3v) is 3.76. The number of thiocarbonyl (C=S) groups is 1. The van der Waals surface area contributed by atoms with Gasteiger partial charge in [-0.15, -0.1) is 0 Å². The lowest BCUT2D eigenvalue weighted by Gasteiger charge is -2.32. The summed E-state index contributed by atoms with van der Waals surface area (Å²) in [6.45, 7) is 4.00. The summed E-state index contributed by atoms with van der Waals surface area (Å²) in [5, 5.41) is 7.32. The highest BCUT2D eigenvalue weighted by Crippen LogP contribution is 2.30. The minimum absolute atomic E-state index is 0.119. The van der Waals surface area contributed by atoms with Crippen LogP contribution in [0.3, 0.4) is 0 Å². The second kappa shape index (κ2) is 6.45. The van der Waals surface area contributed by atoms with Crippen molar-refractivity contribution in [1.29, 1.82) is 0 Å². The fraction of sp³-hybridized carbons (Fsp3) is 0.333. The summed E-state index contributed by atoms with van der Waals surface area (Å²) >= 11 is 11.2. The molecule has 21 heavy (non-hydrogen) atoms. The smallest absolute Gasteiger partial charge is 0.337 e. The predicted molar refractivity (Wildman–Crippen MR) is 86.9 cm³/mol. The van der Waals surface area contributed by atoms with E-state index in [1.54, 1.807) is 12.1 Å². The van der Waals surface area contributed by atoms with Crippen LogP contribution in [0, 0.1) is 5.92 Å². The first-order valence-electron chi connectivity index (χ1n) is 6.59. The van der Waals surface area contributed by atoms with Gasteiger partial charge in [0, 0.05) is 10.7 Å². The van der Waals surface area contributed by atoms with Gasteiger partial charge in [-0.2, -0.15) is 0 Å². The van der Waals surface area contributed by atoms with Crippen molar-refractivity contribution in [2.24, 2.45) is 5.92 Å². The quantitative estimate of drug-likeness (QED) is 0.661. The fourth-order valence-electron chi connectivity index (χ4n) is 2.28. The van der Waals surface area contributed by atoms with Gasteiger partial charge in [0.05, 0.1) is 18.7 Å². The van der Waals surface area contributed by atoms with Crippen LogP contribution in [0.2, 0.25) is 5.02 Å². The van der Waals surface area contributed by atoms with Crippen LogP contribution >= 0.6 is 23.8 Å². The molecule has 4 nitrogen and oxygen atoms in total. The normalized spacial score (nSPS) is 18.3. The first-order chi connectivity index (χ1) is 9.93. The van der Waals surface area contributed by atoms with Crippen LogP contribution in [0.15, 0.2) is 35.5 Å². The van der Waals surface area contributed by atoms with E-state index in [2.05, 4.69) is 10.6 Å². The lowest BCUT2D eigenvalue weighted by Crippen LogP contribution is -2.46. The number of carbonyl (C=O) groups is 1.